The van der Waals surface area contributed by atoms with Crippen LogP contribution < -0.4 is 0 Å². The molecule has 0 spiro atoms. The Morgan fingerprint density at radius 3 is 2.69 bits per heavy atom. The predicted octanol–water partition coefficient (Wildman–Crippen LogP) is 2.40. The molecule has 1 aromatic rings. The maximum atomic E-state index is 10.8. The largest absolute Gasteiger partial charge is 0.295 e. The molecule has 1 unspecified atom stereocenters. The molecule has 0 N–H and O–H groups in total. The molecule has 2 nitrogen and oxygen atoms in total. The zero-order valence-corrected chi connectivity index (χ0v) is 9.76. The molecule has 1 aliphatic heterocycles. The van der Waals surface area contributed by atoms with Gasteiger partial charge in [-0.25, -0.2) is 0 Å². The highest BCUT2D eigenvalue weighted by atomic mass is 16.1. The molecule has 84 valence electrons. The quantitative estimate of drug-likeness (QED) is 0.568. The van der Waals surface area contributed by atoms with E-state index in [1.54, 1.807) is 13.0 Å². The molecule has 1 saturated heterocycles. The second-order valence-corrected chi connectivity index (χ2v) is 4.36. The molecule has 2 heteroatoms. The van der Waals surface area contributed by atoms with E-state index in [0.717, 1.165) is 6.54 Å². The number of hydrogen-bond acceptors (Lipinski definition) is 2. The first kappa shape index (κ1) is 11.1. The summed E-state index contributed by atoms with van der Waals surface area (Å²) in [6, 6.07) is 11.4. The molecule has 0 amide bonds. The van der Waals surface area contributed by atoms with E-state index in [2.05, 4.69) is 36.1 Å². The van der Waals surface area contributed by atoms with Gasteiger partial charge < -0.3 is 0 Å². The maximum Gasteiger partial charge on any atom is 0.152 e. The van der Waals surface area contributed by atoms with Crippen molar-refractivity contribution in [2.75, 3.05) is 0 Å². The van der Waals surface area contributed by atoms with Gasteiger partial charge in [0, 0.05) is 18.6 Å². The summed E-state index contributed by atoms with van der Waals surface area (Å²) in [6.45, 7) is 4.75. The number of carbonyl (C=O) groups excluding carboxylic acids is 1. The van der Waals surface area contributed by atoms with Crippen LogP contribution >= 0.6 is 0 Å². The third kappa shape index (κ3) is 2.58. The van der Waals surface area contributed by atoms with E-state index in [1.807, 2.05) is 12.1 Å². The topological polar surface area (TPSA) is 20.1 Å². The SMILES string of the molecule is CC(=O)/C=C/[C@@H]1[C@H](C)N1Cc1ccccc1. The van der Waals surface area contributed by atoms with Crippen molar-refractivity contribution >= 4 is 5.78 Å². The molecule has 0 aliphatic carbocycles. The van der Waals surface area contributed by atoms with Gasteiger partial charge in [-0.2, -0.15) is 0 Å². The fraction of sp³-hybridized carbons (Fsp3) is 0.357. The van der Waals surface area contributed by atoms with Crippen LogP contribution in [0.4, 0.5) is 0 Å². The van der Waals surface area contributed by atoms with Crippen LogP contribution in [0.1, 0.15) is 19.4 Å². The first-order chi connectivity index (χ1) is 7.68. The monoisotopic (exact) mass is 215 g/mol. The van der Waals surface area contributed by atoms with Crippen molar-refractivity contribution in [2.24, 2.45) is 0 Å². The van der Waals surface area contributed by atoms with E-state index in [9.17, 15) is 4.79 Å². The average Bonchev–Trinajstić information content (AvgIpc) is 2.87. The minimum absolute atomic E-state index is 0.124. The number of carbonyl (C=O) groups is 1. The van der Waals surface area contributed by atoms with Gasteiger partial charge in [-0.1, -0.05) is 36.4 Å². The summed E-state index contributed by atoms with van der Waals surface area (Å²) in [6.07, 6.45) is 3.68. The van der Waals surface area contributed by atoms with Crippen molar-refractivity contribution in [1.29, 1.82) is 0 Å². The second kappa shape index (κ2) is 4.62. The summed E-state index contributed by atoms with van der Waals surface area (Å²) < 4.78 is 0. The van der Waals surface area contributed by atoms with E-state index >= 15 is 0 Å². The Labute approximate surface area is 96.6 Å². The first-order valence-electron chi connectivity index (χ1n) is 5.67. The van der Waals surface area contributed by atoms with Crippen LogP contribution in [0.15, 0.2) is 42.5 Å². The van der Waals surface area contributed by atoms with Crippen molar-refractivity contribution in [3.05, 3.63) is 48.0 Å². The van der Waals surface area contributed by atoms with Crippen LogP contribution in [0.25, 0.3) is 0 Å². The predicted molar refractivity (Wildman–Crippen MR) is 65.1 cm³/mol. The summed E-state index contributed by atoms with van der Waals surface area (Å²) in [5.74, 6) is 0.124. The zero-order chi connectivity index (χ0) is 11.5. The van der Waals surface area contributed by atoms with Gasteiger partial charge in [0.05, 0.1) is 0 Å². The van der Waals surface area contributed by atoms with Crippen molar-refractivity contribution in [3.63, 3.8) is 0 Å². The number of benzene rings is 1. The summed E-state index contributed by atoms with van der Waals surface area (Å²) in [4.78, 5) is 13.2. The highest BCUT2D eigenvalue weighted by molar-refractivity contribution is 5.87. The van der Waals surface area contributed by atoms with Gasteiger partial charge in [0.25, 0.3) is 0 Å². The van der Waals surface area contributed by atoms with Crippen LogP contribution in [0, 0.1) is 0 Å². The second-order valence-electron chi connectivity index (χ2n) is 4.36. The molecule has 1 aromatic carbocycles. The number of rotatable bonds is 4. The molecule has 0 radical (unpaired) electrons. The standard InChI is InChI=1S/C14H17NO/c1-11(16)8-9-14-12(2)15(14)10-13-6-4-3-5-7-13/h3-9,12,14H,10H2,1-2H3/b9-8+/t12-,14+,15?/m0/s1. The van der Waals surface area contributed by atoms with Crippen molar-refractivity contribution in [2.45, 2.75) is 32.5 Å². The molecule has 16 heavy (non-hydrogen) atoms. The third-order valence-corrected chi connectivity index (χ3v) is 3.05. The lowest BCUT2D eigenvalue weighted by molar-refractivity contribution is -0.112. The molecule has 1 aliphatic rings. The maximum absolute atomic E-state index is 10.8. The minimum atomic E-state index is 0.124. The van der Waals surface area contributed by atoms with Crippen molar-refractivity contribution in [1.82, 2.24) is 4.90 Å². The number of ketones is 1. The molecular formula is C14H17NO. The van der Waals surface area contributed by atoms with E-state index < -0.39 is 0 Å². The fourth-order valence-corrected chi connectivity index (χ4v) is 1.98. The van der Waals surface area contributed by atoms with Crippen molar-refractivity contribution < 1.29 is 4.79 Å². The van der Waals surface area contributed by atoms with Gasteiger partial charge >= 0.3 is 0 Å². The van der Waals surface area contributed by atoms with Gasteiger partial charge in [0.15, 0.2) is 5.78 Å². The fourth-order valence-electron chi connectivity index (χ4n) is 1.98. The van der Waals surface area contributed by atoms with E-state index in [0.29, 0.717) is 12.1 Å². The first-order valence-corrected chi connectivity index (χ1v) is 5.67. The molecule has 0 bridgehead atoms. The lowest BCUT2D eigenvalue weighted by Gasteiger charge is -2.01. The molecule has 0 saturated carbocycles. The lowest BCUT2D eigenvalue weighted by Crippen LogP contribution is -2.01. The summed E-state index contributed by atoms with van der Waals surface area (Å²) >= 11 is 0. The Kier molecular flexibility index (Phi) is 3.20. The van der Waals surface area contributed by atoms with Gasteiger partial charge in [0.1, 0.15) is 0 Å². The molecule has 1 fully saturated rings. The summed E-state index contributed by atoms with van der Waals surface area (Å²) in [5.41, 5.74) is 1.33. The van der Waals surface area contributed by atoms with Crippen LogP contribution in [0.2, 0.25) is 0 Å². The summed E-state index contributed by atoms with van der Waals surface area (Å²) in [7, 11) is 0. The lowest BCUT2D eigenvalue weighted by atomic mass is 10.2. The van der Waals surface area contributed by atoms with E-state index in [1.165, 1.54) is 5.56 Å². The van der Waals surface area contributed by atoms with E-state index in [4.69, 9.17) is 0 Å². The Morgan fingerprint density at radius 2 is 2.06 bits per heavy atom. The van der Waals surface area contributed by atoms with Gasteiger partial charge in [-0.3, -0.25) is 9.69 Å². The number of nitrogens with zero attached hydrogens (tertiary/aromatic N) is 1. The average molecular weight is 215 g/mol. The number of hydrogen-bond donors (Lipinski definition) is 0. The highest BCUT2D eigenvalue weighted by Crippen LogP contribution is 2.30. The third-order valence-electron chi connectivity index (χ3n) is 3.05. The molecule has 3 atom stereocenters. The van der Waals surface area contributed by atoms with Crippen LogP contribution in [0.3, 0.4) is 0 Å². The molecule has 1 heterocycles. The number of allylic oxidation sites excluding steroid dienone is 1. The van der Waals surface area contributed by atoms with Crippen LogP contribution in [-0.4, -0.2) is 22.8 Å². The Morgan fingerprint density at radius 1 is 1.38 bits per heavy atom. The Bertz CT molecular complexity index is 396. The van der Waals surface area contributed by atoms with Crippen LogP contribution in [-0.2, 0) is 11.3 Å². The van der Waals surface area contributed by atoms with E-state index in [-0.39, 0.29) is 5.78 Å². The zero-order valence-electron chi connectivity index (χ0n) is 9.76. The summed E-state index contributed by atoms with van der Waals surface area (Å²) in [5, 5.41) is 0. The van der Waals surface area contributed by atoms with Crippen LogP contribution in [0.5, 0.6) is 0 Å². The Hall–Kier alpha value is -1.41. The normalized spacial score (nSPS) is 28.2. The smallest absolute Gasteiger partial charge is 0.152 e. The minimum Gasteiger partial charge on any atom is -0.295 e. The van der Waals surface area contributed by atoms with Gasteiger partial charge in [0.2, 0.25) is 0 Å². The van der Waals surface area contributed by atoms with Gasteiger partial charge in [-0.05, 0) is 25.5 Å². The Balaban J connectivity index is 1.92. The highest BCUT2D eigenvalue weighted by Gasteiger charge is 2.41. The molecule has 2 rings (SSSR count). The van der Waals surface area contributed by atoms with Gasteiger partial charge in [-0.15, -0.1) is 0 Å². The molecular weight excluding hydrogens is 198 g/mol. The van der Waals surface area contributed by atoms with Crippen molar-refractivity contribution in [3.8, 4) is 0 Å². The molecule has 0 aromatic heterocycles.